The molecule has 30 heavy (non-hydrogen) atoms. The molecule has 8 heteroatoms. The van der Waals surface area contributed by atoms with Gasteiger partial charge in [0.15, 0.2) is 0 Å². The summed E-state index contributed by atoms with van der Waals surface area (Å²) in [5.74, 6) is 0.306. The van der Waals surface area contributed by atoms with Crippen LogP contribution in [0.3, 0.4) is 0 Å². The molecule has 0 aliphatic heterocycles. The van der Waals surface area contributed by atoms with Crippen molar-refractivity contribution in [3.63, 3.8) is 0 Å². The molecule has 2 amide bonds. The highest BCUT2D eigenvalue weighted by atomic mass is 35.5. The van der Waals surface area contributed by atoms with E-state index in [1.807, 2.05) is 20.8 Å². The largest absolute Gasteiger partial charge is 0.457 e. The summed E-state index contributed by atoms with van der Waals surface area (Å²) in [6.45, 7) is 6.43. The predicted octanol–water partition coefficient (Wildman–Crippen LogP) is 3.47. The van der Waals surface area contributed by atoms with Gasteiger partial charge in [-0.05, 0) is 49.4 Å². The third-order valence-electron chi connectivity index (χ3n) is 5.70. The monoisotopic (exact) mass is 433 g/mol. The van der Waals surface area contributed by atoms with Crippen LogP contribution in [0.15, 0.2) is 48.5 Å². The Morgan fingerprint density at radius 1 is 1.13 bits per heavy atom. The Morgan fingerprint density at radius 2 is 1.80 bits per heavy atom. The van der Waals surface area contributed by atoms with Crippen LogP contribution in [-0.2, 0) is 9.53 Å². The second kappa shape index (κ2) is 9.04. The minimum absolute atomic E-state index is 0. The van der Waals surface area contributed by atoms with Crippen molar-refractivity contribution in [2.24, 2.45) is 16.9 Å². The fraction of sp³-hybridized carbons (Fsp3) is 0.364. The number of hydrogen-bond donors (Lipinski definition) is 3. The van der Waals surface area contributed by atoms with Gasteiger partial charge in [0, 0.05) is 29.7 Å². The number of rotatable bonds is 7. The highest BCUT2D eigenvalue weighted by molar-refractivity contribution is 5.99. The van der Waals surface area contributed by atoms with Crippen LogP contribution in [0.2, 0.25) is 0 Å². The van der Waals surface area contributed by atoms with Crippen molar-refractivity contribution in [3.8, 4) is 11.5 Å². The molecule has 1 aliphatic carbocycles. The van der Waals surface area contributed by atoms with E-state index in [0.717, 1.165) is 0 Å². The highest BCUT2D eigenvalue weighted by Gasteiger charge is 2.62. The maximum atomic E-state index is 12.8. The minimum Gasteiger partial charge on any atom is -0.457 e. The van der Waals surface area contributed by atoms with Gasteiger partial charge in [0.2, 0.25) is 11.8 Å². The van der Waals surface area contributed by atoms with Crippen LogP contribution in [-0.4, -0.2) is 30.1 Å². The second-order valence-corrected chi connectivity index (χ2v) is 7.81. The molecule has 1 fully saturated rings. The summed E-state index contributed by atoms with van der Waals surface area (Å²) >= 11 is 0. The first kappa shape index (κ1) is 23.7. The molecule has 7 nitrogen and oxygen atoms in total. The zero-order valence-corrected chi connectivity index (χ0v) is 18.1. The first-order valence-corrected chi connectivity index (χ1v) is 9.57. The summed E-state index contributed by atoms with van der Waals surface area (Å²) in [6, 6.07) is 13.5. The van der Waals surface area contributed by atoms with Gasteiger partial charge < -0.3 is 26.3 Å². The van der Waals surface area contributed by atoms with Gasteiger partial charge >= 0.3 is 0 Å². The molecule has 0 spiro atoms. The molecule has 0 bridgehead atoms. The van der Waals surface area contributed by atoms with Gasteiger partial charge in [-0.1, -0.05) is 19.9 Å². The van der Waals surface area contributed by atoms with Gasteiger partial charge in [-0.3, -0.25) is 9.59 Å². The normalized spacial score (nSPS) is 21.7. The zero-order chi connectivity index (χ0) is 21.2. The van der Waals surface area contributed by atoms with E-state index in [1.54, 1.807) is 48.5 Å². The number of ether oxygens (including phenoxy) is 2. The number of halogens is 1. The Labute approximate surface area is 182 Å². The number of hydrogen-bond acceptors (Lipinski definition) is 5. The van der Waals surface area contributed by atoms with E-state index in [9.17, 15) is 9.59 Å². The van der Waals surface area contributed by atoms with E-state index in [1.165, 1.54) is 0 Å². The van der Waals surface area contributed by atoms with Gasteiger partial charge in [-0.2, -0.15) is 0 Å². The van der Waals surface area contributed by atoms with Crippen molar-refractivity contribution in [2.75, 3.05) is 11.9 Å². The number of amides is 2. The summed E-state index contributed by atoms with van der Waals surface area (Å²) in [6.07, 6.45) is 0.451. The van der Waals surface area contributed by atoms with E-state index in [-0.39, 0.29) is 24.4 Å². The molecule has 2 unspecified atom stereocenters. The van der Waals surface area contributed by atoms with Crippen LogP contribution < -0.4 is 21.5 Å². The van der Waals surface area contributed by atoms with Crippen molar-refractivity contribution in [2.45, 2.75) is 38.8 Å². The van der Waals surface area contributed by atoms with Crippen molar-refractivity contribution < 1.29 is 19.1 Å². The van der Waals surface area contributed by atoms with Crippen molar-refractivity contribution in [1.82, 2.24) is 0 Å². The molecule has 162 valence electrons. The van der Waals surface area contributed by atoms with Crippen molar-refractivity contribution >= 4 is 29.9 Å². The quantitative estimate of drug-likeness (QED) is 0.618. The summed E-state index contributed by atoms with van der Waals surface area (Å²) in [5.41, 5.74) is 11.2. The Kier molecular flexibility index (Phi) is 7.13. The standard InChI is InChI=1S/C22H27N3O4.ClH/c1-4-28-18-13-22(24,21(18,2)3)20(27)25-15-8-10-16(11-9-15)29-17-7-5-6-14(12-17)19(23)26;/h5-12,18H,4,13,24H2,1-3H3,(H2,23,26)(H,25,27);1H. The number of benzene rings is 2. The van der Waals surface area contributed by atoms with Crippen LogP contribution >= 0.6 is 12.4 Å². The fourth-order valence-corrected chi connectivity index (χ4v) is 3.52. The van der Waals surface area contributed by atoms with Gasteiger partial charge in [-0.25, -0.2) is 0 Å². The van der Waals surface area contributed by atoms with E-state index in [2.05, 4.69) is 5.32 Å². The molecule has 0 radical (unpaired) electrons. The fourth-order valence-electron chi connectivity index (χ4n) is 3.52. The number of carbonyl (C=O) groups excluding carboxylic acids is 2. The summed E-state index contributed by atoms with van der Waals surface area (Å²) in [7, 11) is 0. The third kappa shape index (κ3) is 4.43. The lowest BCUT2D eigenvalue weighted by atomic mass is 9.54. The van der Waals surface area contributed by atoms with Gasteiger partial charge in [0.25, 0.3) is 0 Å². The molecule has 1 aliphatic rings. The highest BCUT2D eigenvalue weighted by Crippen LogP contribution is 2.50. The Morgan fingerprint density at radius 3 is 2.37 bits per heavy atom. The lowest BCUT2D eigenvalue weighted by molar-refractivity contribution is -0.166. The minimum atomic E-state index is -0.989. The Hall–Kier alpha value is -2.61. The lowest BCUT2D eigenvalue weighted by Gasteiger charge is -2.57. The molecular weight excluding hydrogens is 406 g/mol. The summed E-state index contributed by atoms with van der Waals surface area (Å²) in [4.78, 5) is 24.1. The Bertz CT molecular complexity index is 917. The molecule has 0 aromatic heterocycles. The number of primary amides is 1. The van der Waals surface area contributed by atoms with E-state index in [4.69, 9.17) is 20.9 Å². The molecule has 2 atom stereocenters. The molecule has 0 saturated heterocycles. The third-order valence-corrected chi connectivity index (χ3v) is 5.70. The number of nitrogens with two attached hydrogens (primary N) is 2. The van der Waals surface area contributed by atoms with Crippen LogP contribution in [0, 0.1) is 5.41 Å². The molecule has 0 heterocycles. The second-order valence-electron chi connectivity index (χ2n) is 7.81. The molecule has 5 N–H and O–H groups in total. The van der Waals surface area contributed by atoms with Crippen LogP contribution in [0.25, 0.3) is 0 Å². The van der Waals surface area contributed by atoms with E-state index < -0.39 is 16.9 Å². The average molecular weight is 434 g/mol. The van der Waals surface area contributed by atoms with Crippen molar-refractivity contribution in [3.05, 3.63) is 54.1 Å². The maximum Gasteiger partial charge on any atom is 0.248 e. The number of carbonyl (C=O) groups is 2. The van der Waals surface area contributed by atoms with Crippen LogP contribution in [0.5, 0.6) is 11.5 Å². The number of nitrogens with one attached hydrogen (secondary N) is 1. The van der Waals surface area contributed by atoms with Crippen LogP contribution in [0.4, 0.5) is 5.69 Å². The molecule has 3 rings (SSSR count). The van der Waals surface area contributed by atoms with Gasteiger partial charge in [-0.15, -0.1) is 12.4 Å². The summed E-state index contributed by atoms with van der Waals surface area (Å²) in [5, 5.41) is 2.88. The Balaban J connectivity index is 0.00000320. The maximum absolute atomic E-state index is 12.8. The lowest BCUT2D eigenvalue weighted by Crippen LogP contribution is -2.74. The number of anilines is 1. The average Bonchev–Trinajstić information content (AvgIpc) is 2.69. The molecular formula is C22H28ClN3O4. The van der Waals surface area contributed by atoms with Crippen LogP contribution in [0.1, 0.15) is 37.6 Å². The first-order chi connectivity index (χ1) is 13.7. The molecule has 2 aromatic rings. The smallest absolute Gasteiger partial charge is 0.248 e. The molecule has 2 aromatic carbocycles. The molecule has 1 saturated carbocycles. The van der Waals surface area contributed by atoms with Gasteiger partial charge in [0.05, 0.1) is 6.10 Å². The topological polar surface area (TPSA) is 117 Å². The van der Waals surface area contributed by atoms with Gasteiger partial charge in [0.1, 0.15) is 17.0 Å². The SMILES string of the molecule is CCOC1CC(N)(C(=O)Nc2ccc(Oc3cccc(C(N)=O)c3)cc2)C1(C)C.Cl. The predicted molar refractivity (Wildman–Crippen MR) is 118 cm³/mol. The van der Waals surface area contributed by atoms with E-state index >= 15 is 0 Å². The first-order valence-electron chi connectivity index (χ1n) is 9.57. The van der Waals surface area contributed by atoms with Crippen molar-refractivity contribution in [1.29, 1.82) is 0 Å². The van der Waals surface area contributed by atoms with E-state index in [0.29, 0.717) is 35.8 Å². The zero-order valence-electron chi connectivity index (χ0n) is 17.3. The summed E-state index contributed by atoms with van der Waals surface area (Å²) < 4.78 is 11.4.